The summed E-state index contributed by atoms with van der Waals surface area (Å²) in [4.78, 5) is 36.1. The van der Waals surface area contributed by atoms with Crippen LogP contribution in [0.1, 0.15) is 30.1 Å². The lowest BCUT2D eigenvalue weighted by molar-refractivity contribution is -0.122. The van der Waals surface area contributed by atoms with E-state index in [4.69, 9.17) is 9.47 Å². The maximum absolute atomic E-state index is 12.4. The summed E-state index contributed by atoms with van der Waals surface area (Å²) < 4.78 is 10.7. The van der Waals surface area contributed by atoms with E-state index >= 15 is 0 Å². The Morgan fingerprint density at radius 1 is 0.935 bits per heavy atom. The molecule has 0 saturated heterocycles. The molecule has 3 amide bonds. The predicted octanol–water partition coefficient (Wildman–Crippen LogP) is 2.36. The topological polar surface area (TPSA) is 106 Å². The van der Waals surface area contributed by atoms with Gasteiger partial charge in [0.05, 0.1) is 7.11 Å². The summed E-state index contributed by atoms with van der Waals surface area (Å²) in [6, 6.07) is 13.5. The zero-order valence-electron chi connectivity index (χ0n) is 17.6. The SMILES string of the molecule is COc1ccc(OC(C)C(=O)Nc2ccc(C(=O)NCCNC(=O)C3CC3)cc2)cc1. The number of anilines is 1. The van der Waals surface area contributed by atoms with Crippen molar-refractivity contribution >= 4 is 23.4 Å². The van der Waals surface area contributed by atoms with Crippen molar-refractivity contribution < 1.29 is 23.9 Å². The Kier molecular flexibility index (Phi) is 7.48. The van der Waals surface area contributed by atoms with Crippen LogP contribution in [0.2, 0.25) is 0 Å². The van der Waals surface area contributed by atoms with Gasteiger partial charge in [-0.15, -0.1) is 0 Å². The Labute approximate surface area is 181 Å². The molecule has 3 N–H and O–H groups in total. The van der Waals surface area contributed by atoms with Crippen molar-refractivity contribution in [1.82, 2.24) is 10.6 Å². The van der Waals surface area contributed by atoms with Gasteiger partial charge in [-0.2, -0.15) is 0 Å². The van der Waals surface area contributed by atoms with Crippen molar-refractivity contribution in [2.75, 3.05) is 25.5 Å². The molecule has 1 aliphatic rings. The van der Waals surface area contributed by atoms with Crippen LogP contribution in [0, 0.1) is 5.92 Å². The minimum Gasteiger partial charge on any atom is -0.497 e. The molecule has 1 aliphatic carbocycles. The number of methoxy groups -OCH3 is 1. The number of carbonyl (C=O) groups excluding carboxylic acids is 3. The highest BCUT2D eigenvalue weighted by molar-refractivity contribution is 5.96. The number of hydrogen-bond acceptors (Lipinski definition) is 5. The molecule has 8 heteroatoms. The lowest BCUT2D eigenvalue weighted by Crippen LogP contribution is -2.35. The number of rotatable bonds is 10. The van der Waals surface area contributed by atoms with E-state index in [1.54, 1.807) is 62.6 Å². The van der Waals surface area contributed by atoms with Crippen LogP contribution in [0.25, 0.3) is 0 Å². The number of nitrogens with one attached hydrogen (secondary N) is 3. The first-order valence-corrected chi connectivity index (χ1v) is 10.2. The van der Waals surface area contributed by atoms with E-state index in [1.165, 1.54) is 0 Å². The Morgan fingerprint density at radius 3 is 2.16 bits per heavy atom. The second kappa shape index (κ2) is 10.5. The highest BCUT2D eigenvalue weighted by Gasteiger charge is 2.29. The number of amides is 3. The van der Waals surface area contributed by atoms with E-state index in [1.807, 2.05) is 0 Å². The Hall–Kier alpha value is -3.55. The second-order valence-corrected chi connectivity index (χ2v) is 7.32. The average Bonchev–Trinajstić information content (AvgIpc) is 3.63. The summed E-state index contributed by atoms with van der Waals surface area (Å²) >= 11 is 0. The van der Waals surface area contributed by atoms with Crippen LogP contribution in [0.4, 0.5) is 5.69 Å². The van der Waals surface area contributed by atoms with Crippen molar-refractivity contribution in [2.24, 2.45) is 5.92 Å². The molecule has 1 unspecified atom stereocenters. The van der Waals surface area contributed by atoms with Gasteiger partial charge in [0.15, 0.2) is 6.10 Å². The van der Waals surface area contributed by atoms with Crippen LogP contribution in [-0.2, 0) is 9.59 Å². The van der Waals surface area contributed by atoms with E-state index in [0.29, 0.717) is 35.8 Å². The maximum atomic E-state index is 12.4. The summed E-state index contributed by atoms with van der Waals surface area (Å²) in [6.45, 7) is 2.42. The Morgan fingerprint density at radius 2 is 1.55 bits per heavy atom. The van der Waals surface area contributed by atoms with Crippen molar-refractivity contribution in [3.8, 4) is 11.5 Å². The van der Waals surface area contributed by atoms with Gasteiger partial charge in [0.25, 0.3) is 11.8 Å². The van der Waals surface area contributed by atoms with Gasteiger partial charge in [-0.25, -0.2) is 0 Å². The molecule has 0 aromatic heterocycles. The lowest BCUT2D eigenvalue weighted by Gasteiger charge is -2.15. The fraction of sp³-hybridized carbons (Fsp3) is 0.348. The zero-order chi connectivity index (χ0) is 22.2. The van der Waals surface area contributed by atoms with Gasteiger partial charge in [0, 0.05) is 30.3 Å². The molecule has 0 radical (unpaired) electrons. The van der Waals surface area contributed by atoms with Crippen LogP contribution in [0.15, 0.2) is 48.5 Å². The third-order valence-electron chi connectivity index (χ3n) is 4.81. The van der Waals surface area contributed by atoms with Crippen LogP contribution in [0.5, 0.6) is 11.5 Å². The normalized spacial score (nSPS) is 13.6. The smallest absolute Gasteiger partial charge is 0.265 e. The maximum Gasteiger partial charge on any atom is 0.265 e. The Bertz CT molecular complexity index is 908. The van der Waals surface area contributed by atoms with Gasteiger partial charge in [-0.3, -0.25) is 14.4 Å². The highest BCUT2D eigenvalue weighted by Crippen LogP contribution is 2.28. The molecule has 1 fully saturated rings. The monoisotopic (exact) mass is 425 g/mol. The molecular formula is C23H27N3O5. The van der Waals surface area contributed by atoms with E-state index in [-0.39, 0.29) is 23.6 Å². The number of ether oxygens (including phenoxy) is 2. The first kappa shape index (κ1) is 22.1. The predicted molar refractivity (Wildman–Crippen MR) is 116 cm³/mol. The van der Waals surface area contributed by atoms with E-state index in [0.717, 1.165) is 12.8 Å². The van der Waals surface area contributed by atoms with Crippen LogP contribution in [-0.4, -0.2) is 44.0 Å². The summed E-state index contributed by atoms with van der Waals surface area (Å²) in [5.74, 6) is 0.928. The Balaban J connectivity index is 1.42. The van der Waals surface area contributed by atoms with Gasteiger partial charge >= 0.3 is 0 Å². The largest absolute Gasteiger partial charge is 0.497 e. The van der Waals surface area contributed by atoms with Gasteiger partial charge < -0.3 is 25.4 Å². The molecule has 164 valence electrons. The van der Waals surface area contributed by atoms with Crippen LogP contribution < -0.4 is 25.4 Å². The summed E-state index contributed by atoms with van der Waals surface area (Å²) in [5.41, 5.74) is 1.03. The molecule has 1 saturated carbocycles. The van der Waals surface area contributed by atoms with Gasteiger partial charge in [0.2, 0.25) is 5.91 Å². The second-order valence-electron chi connectivity index (χ2n) is 7.32. The molecule has 3 rings (SSSR count). The highest BCUT2D eigenvalue weighted by atomic mass is 16.5. The molecule has 0 bridgehead atoms. The van der Waals surface area contributed by atoms with Crippen molar-refractivity contribution in [1.29, 1.82) is 0 Å². The fourth-order valence-corrected chi connectivity index (χ4v) is 2.81. The quantitative estimate of drug-likeness (QED) is 0.507. The van der Waals surface area contributed by atoms with E-state index in [9.17, 15) is 14.4 Å². The molecule has 0 spiro atoms. The summed E-state index contributed by atoms with van der Waals surface area (Å²) in [7, 11) is 1.58. The van der Waals surface area contributed by atoms with Crippen LogP contribution >= 0.6 is 0 Å². The molecule has 0 aliphatic heterocycles. The molecule has 8 nitrogen and oxygen atoms in total. The number of hydrogen-bond donors (Lipinski definition) is 3. The number of benzene rings is 2. The fourth-order valence-electron chi connectivity index (χ4n) is 2.81. The van der Waals surface area contributed by atoms with Gasteiger partial charge in [-0.05, 0) is 68.3 Å². The molecular weight excluding hydrogens is 398 g/mol. The van der Waals surface area contributed by atoms with Crippen molar-refractivity contribution in [3.05, 3.63) is 54.1 Å². The van der Waals surface area contributed by atoms with Gasteiger partial charge in [0.1, 0.15) is 11.5 Å². The minimum atomic E-state index is -0.706. The molecule has 2 aromatic carbocycles. The average molecular weight is 425 g/mol. The number of carbonyl (C=O) groups is 3. The van der Waals surface area contributed by atoms with Crippen molar-refractivity contribution in [2.45, 2.75) is 25.9 Å². The lowest BCUT2D eigenvalue weighted by atomic mass is 10.2. The molecule has 0 heterocycles. The van der Waals surface area contributed by atoms with Crippen molar-refractivity contribution in [3.63, 3.8) is 0 Å². The van der Waals surface area contributed by atoms with E-state index < -0.39 is 6.10 Å². The van der Waals surface area contributed by atoms with Gasteiger partial charge in [-0.1, -0.05) is 0 Å². The first-order valence-electron chi connectivity index (χ1n) is 10.2. The molecule has 2 aromatic rings. The first-order chi connectivity index (χ1) is 15.0. The summed E-state index contributed by atoms with van der Waals surface area (Å²) in [6.07, 6.45) is 1.20. The summed E-state index contributed by atoms with van der Waals surface area (Å²) in [5, 5.41) is 8.32. The third kappa shape index (κ3) is 6.74. The van der Waals surface area contributed by atoms with E-state index in [2.05, 4.69) is 16.0 Å². The minimum absolute atomic E-state index is 0.0551. The molecule has 31 heavy (non-hydrogen) atoms. The van der Waals surface area contributed by atoms with Crippen LogP contribution in [0.3, 0.4) is 0 Å². The zero-order valence-corrected chi connectivity index (χ0v) is 17.6. The molecule has 1 atom stereocenters. The standard InChI is InChI=1S/C23H27N3O5/c1-15(31-20-11-9-19(30-2)10-12-20)21(27)26-18-7-5-17(6-8-18)23(29)25-14-13-24-22(28)16-3-4-16/h5-12,15-16H,3-4,13-14H2,1-2H3,(H,24,28)(H,25,29)(H,26,27). The third-order valence-corrected chi connectivity index (χ3v) is 4.81.